The Morgan fingerprint density at radius 2 is 1.61 bits per heavy atom. The van der Waals surface area contributed by atoms with Crippen molar-refractivity contribution in [3.63, 3.8) is 0 Å². The quantitative estimate of drug-likeness (QED) is 0.458. The highest BCUT2D eigenvalue weighted by Crippen LogP contribution is 2.27. The van der Waals surface area contributed by atoms with Gasteiger partial charge in [-0.05, 0) is 32.4 Å². The lowest BCUT2D eigenvalue weighted by Crippen LogP contribution is -2.43. The second-order valence-electron chi connectivity index (χ2n) is 3.94. The summed E-state index contributed by atoms with van der Waals surface area (Å²) in [6, 6.07) is 0. The predicted octanol–water partition coefficient (Wildman–Crippen LogP) is 2.31. The first-order valence-electron chi connectivity index (χ1n) is 5.87. The van der Waals surface area contributed by atoms with Crippen molar-refractivity contribution in [2.45, 2.75) is 24.8 Å². The van der Waals surface area contributed by atoms with Crippen molar-refractivity contribution < 1.29 is 0 Å². The van der Waals surface area contributed by atoms with Gasteiger partial charge in [-0.1, -0.05) is 18.2 Å². The van der Waals surface area contributed by atoms with Gasteiger partial charge in [0.15, 0.2) is 12.4 Å². The summed E-state index contributed by atoms with van der Waals surface area (Å²) < 4.78 is 0. The third kappa shape index (κ3) is 4.45. The van der Waals surface area contributed by atoms with E-state index in [9.17, 15) is 0 Å². The van der Waals surface area contributed by atoms with Gasteiger partial charge in [-0.3, -0.25) is 4.90 Å². The molecular formula is C14H20N4. The highest BCUT2D eigenvalue weighted by atomic mass is 15.2. The van der Waals surface area contributed by atoms with Crippen molar-refractivity contribution in [1.82, 2.24) is 10.2 Å². The van der Waals surface area contributed by atoms with Crippen molar-refractivity contribution in [2.75, 3.05) is 13.1 Å². The van der Waals surface area contributed by atoms with E-state index in [-0.39, 0.29) is 5.54 Å². The minimum Gasteiger partial charge on any atom is -0.291 e. The minimum atomic E-state index is -0.0434. The van der Waals surface area contributed by atoms with Crippen LogP contribution in [0.5, 0.6) is 0 Å². The maximum atomic E-state index is 7.48. The molecule has 1 rings (SSSR count). The molecule has 4 nitrogen and oxygen atoms in total. The zero-order valence-electron chi connectivity index (χ0n) is 10.7. The van der Waals surface area contributed by atoms with Crippen LogP contribution in [-0.2, 0) is 0 Å². The molecule has 0 spiro atoms. The Labute approximate surface area is 110 Å². The second kappa shape index (κ2) is 9.04. The molecule has 1 aliphatic rings. The van der Waals surface area contributed by atoms with E-state index < -0.39 is 0 Å². The lowest BCUT2D eigenvalue weighted by Gasteiger charge is -2.36. The standard InChI is InChI=1S/C12H19N.C2HN3/c1-4-9-12(5-2,6-3)13-10-7-8-11-13;3-1-5-2-4/h4-6H,1-3,7-11H2;5H. The maximum absolute atomic E-state index is 7.48. The Morgan fingerprint density at radius 1 is 1.11 bits per heavy atom. The second-order valence-corrected chi connectivity index (χ2v) is 3.94. The summed E-state index contributed by atoms with van der Waals surface area (Å²) in [5.41, 5.74) is -0.0434. The number of hydrogen-bond donors (Lipinski definition) is 1. The maximum Gasteiger partial charge on any atom is 0.190 e. The number of likely N-dealkylation sites (tertiary alicyclic amines) is 1. The number of rotatable bonds is 5. The van der Waals surface area contributed by atoms with Crippen molar-refractivity contribution in [2.24, 2.45) is 0 Å². The van der Waals surface area contributed by atoms with E-state index in [2.05, 4.69) is 24.6 Å². The summed E-state index contributed by atoms with van der Waals surface area (Å²) in [6.45, 7) is 13.9. The summed E-state index contributed by atoms with van der Waals surface area (Å²) in [6.07, 6.45) is 12.2. The van der Waals surface area contributed by atoms with Gasteiger partial charge in [0.05, 0.1) is 5.54 Å². The number of nitrogens with zero attached hydrogens (tertiary/aromatic N) is 3. The lowest BCUT2D eigenvalue weighted by atomic mass is 9.93. The smallest absolute Gasteiger partial charge is 0.190 e. The summed E-state index contributed by atoms with van der Waals surface area (Å²) in [7, 11) is 0. The van der Waals surface area contributed by atoms with Crippen LogP contribution in [0.2, 0.25) is 0 Å². The molecule has 1 heterocycles. The van der Waals surface area contributed by atoms with Crippen LogP contribution in [0, 0.1) is 22.9 Å². The first-order chi connectivity index (χ1) is 8.70. The van der Waals surface area contributed by atoms with Crippen LogP contribution in [0.4, 0.5) is 0 Å². The van der Waals surface area contributed by atoms with Crippen LogP contribution in [0.3, 0.4) is 0 Å². The van der Waals surface area contributed by atoms with Crippen LogP contribution in [-0.4, -0.2) is 23.5 Å². The van der Waals surface area contributed by atoms with Gasteiger partial charge >= 0.3 is 0 Å². The molecule has 0 bridgehead atoms. The zero-order valence-corrected chi connectivity index (χ0v) is 10.7. The van der Waals surface area contributed by atoms with Crippen LogP contribution < -0.4 is 5.32 Å². The van der Waals surface area contributed by atoms with E-state index in [1.54, 1.807) is 5.32 Å². The molecule has 18 heavy (non-hydrogen) atoms. The molecule has 0 saturated carbocycles. The summed E-state index contributed by atoms with van der Waals surface area (Å²) >= 11 is 0. The Balaban J connectivity index is 0.000000494. The van der Waals surface area contributed by atoms with Gasteiger partial charge in [0.25, 0.3) is 0 Å². The molecule has 0 unspecified atom stereocenters. The molecule has 0 aromatic carbocycles. The normalized spacial score (nSPS) is 14.3. The molecule has 0 amide bonds. The first-order valence-corrected chi connectivity index (χ1v) is 5.87. The first kappa shape index (κ1) is 16.0. The monoisotopic (exact) mass is 244 g/mol. The van der Waals surface area contributed by atoms with E-state index in [1.165, 1.54) is 25.2 Å². The summed E-state index contributed by atoms with van der Waals surface area (Å²) in [5.74, 6) is 0. The van der Waals surface area contributed by atoms with Crippen molar-refractivity contribution >= 4 is 0 Å². The molecule has 4 heteroatoms. The highest BCUT2D eigenvalue weighted by molar-refractivity contribution is 5.18. The number of nitrogens with one attached hydrogen (secondary N) is 1. The highest BCUT2D eigenvalue weighted by Gasteiger charge is 2.30. The fourth-order valence-corrected chi connectivity index (χ4v) is 2.03. The molecular weight excluding hydrogens is 224 g/mol. The molecule has 0 atom stereocenters. The minimum absolute atomic E-state index is 0.0434. The van der Waals surface area contributed by atoms with Gasteiger partial charge < -0.3 is 0 Å². The summed E-state index contributed by atoms with van der Waals surface area (Å²) in [5, 5.41) is 16.7. The fourth-order valence-electron chi connectivity index (χ4n) is 2.03. The van der Waals surface area contributed by atoms with Crippen molar-refractivity contribution in [1.29, 1.82) is 10.5 Å². The molecule has 1 fully saturated rings. The van der Waals surface area contributed by atoms with Crippen LogP contribution in [0.1, 0.15) is 19.3 Å². The van der Waals surface area contributed by atoms with E-state index in [1.807, 2.05) is 18.2 Å². The Hall–Kier alpha value is -2.04. The molecule has 1 saturated heterocycles. The molecule has 0 aliphatic carbocycles. The van der Waals surface area contributed by atoms with Gasteiger partial charge in [0.2, 0.25) is 0 Å². The van der Waals surface area contributed by atoms with Crippen LogP contribution in [0.25, 0.3) is 0 Å². The fraction of sp³-hybridized carbons (Fsp3) is 0.429. The average Bonchev–Trinajstić information content (AvgIpc) is 2.92. The lowest BCUT2D eigenvalue weighted by molar-refractivity contribution is 0.216. The topological polar surface area (TPSA) is 62.9 Å². The molecule has 1 N–H and O–H groups in total. The average molecular weight is 244 g/mol. The van der Waals surface area contributed by atoms with Crippen LogP contribution >= 0.6 is 0 Å². The van der Waals surface area contributed by atoms with E-state index in [0.29, 0.717) is 0 Å². The molecule has 0 aromatic rings. The molecule has 1 aliphatic heterocycles. The zero-order chi connectivity index (χ0) is 13.9. The van der Waals surface area contributed by atoms with E-state index >= 15 is 0 Å². The molecule has 96 valence electrons. The molecule has 0 aromatic heterocycles. The van der Waals surface area contributed by atoms with Crippen molar-refractivity contribution in [3.8, 4) is 12.4 Å². The molecule has 0 radical (unpaired) electrons. The van der Waals surface area contributed by atoms with E-state index in [4.69, 9.17) is 10.5 Å². The van der Waals surface area contributed by atoms with E-state index in [0.717, 1.165) is 19.5 Å². The Bertz CT molecular complexity index is 333. The van der Waals surface area contributed by atoms with Crippen molar-refractivity contribution in [3.05, 3.63) is 38.0 Å². The Kier molecular flexibility index (Phi) is 8.01. The number of hydrogen-bond acceptors (Lipinski definition) is 4. The third-order valence-corrected chi connectivity index (χ3v) is 2.98. The van der Waals surface area contributed by atoms with Gasteiger partial charge in [-0.2, -0.15) is 10.5 Å². The van der Waals surface area contributed by atoms with Gasteiger partial charge in [0.1, 0.15) is 0 Å². The largest absolute Gasteiger partial charge is 0.291 e. The van der Waals surface area contributed by atoms with Crippen LogP contribution in [0.15, 0.2) is 38.0 Å². The third-order valence-electron chi connectivity index (χ3n) is 2.98. The SMILES string of the molecule is C=CCC(C=C)(C=C)N1CCCC1.N#CNC#N. The van der Waals surface area contributed by atoms with Gasteiger partial charge in [-0.25, -0.2) is 5.32 Å². The van der Waals surface area contributed by atoms with Gasteiger partial charge in [-0.15, -0.1) is 19.7 Å². The number of nitriles is 2. The predicted molar refractivity (Wildman–Crippen MR) is 73.1 cm³/mol. The Morgan fingerprint density at radius 3 is 1.89 bits per heavy atom. The summed E-state index contributed by atoms with van der Waals surface area (Å²) in [4.78, 5) is 2.44. The van der Waals surface area contributed by atoms with Gasteiger partial charge in [0, 0.05) is 0 Å².